The Morgan fingerprint density at radius 1 is 1.15 bits per heavy atom. The maximum atomic E-state index is 12.9. The number of halogens is 2. The van der Waals surface area contributed by atoms with Crippen molar-refractivity contribution in [2.45, 2.75) is 18.6 Å². The van der Waals surface area contributed by atoms with E-state index in [2.05, 4.69) is 0 Å². The molecule has 106 valence electrons. The van der Waals surface area contributed by atoms with Gasteiger partial charge in [-0.15, -0.1) is 0 Å². The lowest BCUT2D eigenvalue weighted by Crippen LogP contribution is -2.09. The van der Waals surface area contributed by atoms with Crippen molar-refractivity contribution in [3.63, 3.8) is 0 Å². The van der Waals surface area contributed by atoms with Crippen LogP contribution < -0.4 is 0 Å². The van der Waals surface area contributed by atoms with Gasteiger partial charge in [-0.2, -0.15) is 0 Å². The smallest absolute Gasteiger partial charge is 0.123 e. The van der Waals surface area contributed by atoms with Crippen molar-refractivity contribution >= 4 is 22.4 Å². The second kappa shape index (κ2) is 7.00. The van der Waals surface area contributed by atoms with E-state index in [4.69, 9.17) is 11.6 Å². The molecule has 0 heterocycles. The summed E-state index contributed by atoms with van der Waals surface area (Å²) >= 11 is 6.08. The molecule has 0 fully saturated rings. The van der Waals surface area contributed by atoms with Gasteiger partial charge in [0.1, 0.15) is 5.82 Å². The Morgan fingerprint density at radius 3 is 2.45 bits per heavy atom. The summed E-state index contributed by atoms with van der Waals surface area (Å²) in [4.78, 5) is 0. The Morgan fingerprint density at radius 2 is 1.80 bits per heavy atom. The Bertz CT molecular complexity index is 598. The van der Waals surface area contributed by atoms with E-state index in [-0.39, 0.29) is 11.1 Å². The molecule has 0 unspecified atom stereocenters. The number of aryl methyl sites for hydroxylation is 1. The fourth-order valence-corrected chi connectivity index (χ4v) is 3.44. The molecule has 0 N–H and O–H groups in total. The minimum atomic E-state index is -1.01. The van der Waals surface area contributed by atoms with Crippen LogP contribution in [0.25, 0.3) is 0 Å². The van der Waals surface area contributed by atoms with Gasteiger partial charge < -0.3 is 0 Å². The van der Waals surface area contributed by atoms with Gasteiger partial charge in [0.15, 0.2) is 0 Å². The van der Waals surface area contributed by atoms with E-state index in [1.54, 1.807) is 12.1 Å². The zero-order chi connectivity index (χ0) is 14.5. The SMILES string of the molecule is C[C@H](c1ccc(F)cc1)[S@@](=O)CCc1ccccc1Cl. The molecular formula is C16H16ClFOS. The van der Waals surface area contributed by atoms with E-state index in [1.807, 2.05) is 31.2 Å². The van der Waals surface area contributed by atoms with Crippen LogP contribution in [0.15, 0.2) is 48.5 Å². The van der Waals surface area contributed by atoms with Gasteiger partial charge in [0, 0.05) is 21.6 Å². The number of hydrogen-bond donors (Lipinski definition) is 0. The molecular weight excluding hydrogens is 295 g/mol. The molecule has 2 aromatic rings. The van der Waals surface area contributed by atoms with Crippen molar-refractivity contribution < 1.29 is 8.60 Å². The third kappa shape index (κ3) is 3.90. The van der Waals surface area contributed by atoms with E-state index in [0.717, 1.165) is 11.1 Å². The van der Waals surface area contributed by atoms with Gasteiger partial charge in [-0.3, -0.25) is 4.21 Å². The molecule has 0 saturated carbocycles. The highest BCUT2D eigenvalue weighted by atomic mass is 35.5. The van der Waals surface area contributed by atoms with Gasteiger partial charge in [-0.1, -0.05) is 41.9 Å². The first kappa shape index (κ1) is 15.2. The third-order valence-electron chi connectivity index (χ3n) is 3.26. The molecule has 0 spiro atoms. The molecule has 0 saturated heterocycles. The Labute approximate surface area is 126 Å². The van der Waals surface area contributed by atoms with E-state index in [1.165, 1.54) is 12.1 Å². The lowest BCUT2D eigenvalue weighted by atomic mass is 10.2. The number of rotatable bonds is 5. The molecule has 0 aromatic heterocycles. The van der Waals surface area contributed by atoms with Crippen LogP contribution in [0.4, 0.5) is 4.39 Å². The lowest BCUT2D eigenvalue weighted by molar-refractivity contribution is 0.626. The van der Waals surface area contributed by atoms with Crippen LogP contribution in [0.3, 0.4) is 0 Å². The first-order valence-corrected chi connectivity index (χ1v) is 8.20. The highest BCUT2D eigenvalue weighted by molar-refractivity contribution is 7.85. The largest absolute Gasteiger partial charge is 0.259 e. The van der Waals surface area contributed by atoms with Crippen molar-refractivity contribution in [3.05, 3.63) is 70.5 Å². The highest BCUT2D eigenvalue weighted by Crippen LogP contribution is 2.22. The molecule has 0 aliphatic rings. The lowest BCUT2D eigenvalue weighted by Gasteiger charge is -2.12. The third-order valence-corrected chi connectivity index (χ3v) is 5.30. The fourth-order valence-electron chi connectivity index (χ4n) is 1.97. The molecule has 0 aliphatic heterocycles. The quantitative estimate of drug-likeness (QED) is 0.793. The molecule has 1 nitrogen and oxygen atoms in total. The fraction of sp³-hybridized carbons (Fsp3) is 0.250. The molecule has 0 radical (unpaired) electrons. The van der Waals surface area contributed by atoms with Crippen LogP contribution in [0.5, 0.6) is 0 Å². The molecule has 2 atom stereocenters. The van der Waals surface area contributed by atoms with Crippen molar-refractivity contribution in [2.24, 2.45) is 0 Å². The average molecular weight is 311 g/mol. The summed E-state index contributed by atoms with van der Waals surface area (Å²) in [5.41, 5.74) is 1.90. The summed E-state index contributed by atoms with van der Waals surface area (Å²) in [6.45, 7) is 1.90. The van der Waals surface area contributed by atoms with Crippen LogP contribution in [-0.4, -0.2) is 9.96 Å². The zero-order valence-electron chi connectivity index (χ0n) is 11.2. The predicted octanol–water partition coefficient (Wildman–Crippen LogP) is 4.53. The molecule has 2 aromatic carbocycles. The molecule has 0 bridgehead atoms. The zero-order valence-corrected chi connectivity index (χ0v) is 12.8. The summed E-state index contributed by atoms with van der Waals surface area (Å²) in [5, 5.41) is 0.594. The van der Waals surface area contributed by atoms with Gasteiger partial charge in [0.2, 0.25) is 0 Å². The van der Waals surface area contributed by atoms with Gasteiger partial charge in [0.05, 0.1) is 5.25 Å². The van der Waals surface area contributed by atoms with Crippen LogP contribution in [-0.2, 0) is 17.2 Å². The second-order valence-electron chi connectivity index (χ2n) is 4.62. The predicted molar refractivity (Wildman–Crippen MR) is 83.0 cm³/mol. The Hall–Kier alpha value is -1.19. The Kier molecular flexibility index (Phi) is 5.32. The normalized spacial score (nSPS) is 13.9. The molecule has 20 heavy (non-hydrogen) atoms. The summed E-state index contributed by atoms with van der Waals surface area (Å²) < 4.78 is 25.2. The Balaban J connectivity index is 1.98. The summed E-state index contributed by atoms with van der Waals surface area (Å²) in [7, 11) is -1.01. The molecule has 4 heteroatoms. The topological polar surface area (TPSA) is 17.1 Å². The van der Waals surface area contributed by atoms with Crippen molar-refractivity contribution in [1.29, 1.82) is 0 Å². The van der Waals surface area contributed by atoms with Gasteiger partial charge in [-0.05, 0) is 42.7 Å². The summed E-state index contributed by atoms with van der Waals surface area (Å²) in [6.07, 6.45) is 0.678. The van der Waals surface area contributed by atoms with Crippen molar-refractivity contribution in [1.82, 2.24) is 0 Å². The maximum Gasteiger partial charge on any atom is 0.123 e. The van der Waals surface area contributed by atoms with Gasteiger partial charge in [-0.25, -0.2) is 4.39 Å². The van der Waals surface area contributed by atoms with Crippen LogP contribution >= 0.6 is 11.6 Å². The molecule has 0 aliphatic carbocycles. The second-order valence-corrected chi connectivity index (χ2v) is 6.90. The standard InChI is InChI=1S/C16H16ClFOS/c1-12(13-6-8-15(18)9-7-13)20(19)11-10-14-4-2-3-5-16(14)17/h2-9,12H,10-11H2,1H3/t12-,20+/m1/s1. The molecule has 2 rings (SSSR count). The van der Waals surface area contributed by atoms with Crippen LogP contribution in [0.2, 0.25) is 5.02 Å². The average Bonchev–Trinajstić information content (AvgIpc) is 2.46. The van der Waals surface area contributed by atoms with Gasteiger partial charge in [0.25, 0.3) is 0 Å². The van der Waals surface area contributed by atoms with Crippen molar-refractivity contribution in [3.8, 4) is 0 Å². The van der Waals surface area contributed by atoms with Gasteiger partial charge >= 0.3 is 0 Å². The van der Waals surface area contributed by atoms with Crippen LogP contribution in [0.1, 0.15) is 23.3 Å². The number of benzene rings is 2. The molecule has 0 amide bonds. The maximum absolute atomic E-state index is 12.9. The first-order valence-electron chi connectivity index (χ1n) is 6.44. The van der Waals surface area contributed by atoms with E-state index >= 15 is 0 Å². The summed E-state index contributed by atoms with van der Waals surface area (Å²) in [6, 6.07) is 13.8. The van der Waals surface area contributed by atoms with E-state index in [0.29, 0.717) is 17.2 Å². The van der Waals surface area contributed by atoms with E-state index in [9.17, 15) is 8.60 Å². The minimum Gasteiger partial charge on any atom is -0.259 e. The van der Waals surface area contributed by atoms with Crippen LogP contribution in [0, 0.1) is 5.82 Å². The number of hydrogen-bond acceptors (Lipinski definition) is 1. The first-order chi connectivity index (χ1) is 9.58. The van der Waals surface area contributed by atoms with E-state index < -0.39 is 10.8 Å². The monoisotopic (exact) mass is 310 g/mol. The minimum absolute atomic E-state index is 0.113. The summed E-state index contributed by atoms with van der Waals surface area (Å²) in [5.74, 6) is 0.269. The highest BCUT2D eigenvalue weighted by Gasteiger charge is 2.14. The van der Waals surface area contributed by atoms with Crippen molar-refractivity contribution in [2.75, 3.05) is 5.75 Å².